The van der Waals surface area contributed by atoms with E-state index >= 15 is 0 Å². The Hall–Kier alpha value is -0.0400. The van der Waals surface area contributed by atoms with E-state index in [2.05, 4.69) is 13.8 Å². The van der Waals surface area contributed by atoms with E-state index in [1.165, 1.54) is 64.2 Å². The topological polar surface area (TPSA) is 20.2 Å². The molecular formula is C16H34O. The van der Waals surface area contributed by atoms with Crippen LogP contribution in [0.15, 0.2) is 0 Å². The first-order valence-electron chi connectivity index (χ1n) is 7.84. The second kappa shape index (κ2) is 12.4. The highest BCUT2D eigenvalue weighted by atomic mass is 16.3. The monoisotopic (exact) mass is 242 g/mol. The quantitative estimate of drug-likeness (QED) is 0.460. The van der Waals surface area contributed by atoms with Gasteiger partial charge in [-0.1, -0.05) is 78.1 Å². The van der Waals surface area contributed by atoms with Gasteiger partial charge in [0.15, 0.2) is 0 Å². The first-order valence-corrected chi connectivity index (χ1v) is 7.84. The average Bonchev–Trinajstić information content (AvgIpc) is 2.29. The fourth-order valence-electron chi connectivity index (χ4n) is 2.35. The van der Waals surface area contributed by atoms with Gasteiger partial charge < -0.3 is 5.11 Å². The van der Waals surface area contributed by atoms with Crippen LogP contribution in [0.5, 0.6) is 0 Å². The minimum atomic E-state index is -0.108. The standard InChI is InChI=1S/C16H34O/c1-4-5-6-7-8-9-12-15(2)13-10-11-14-16(3)17/h15-17H,4-14H2,1-3H3. The molecule has 0 bridgehead atoms. The molecular weight excluding hydrogens is 208 g/mol. The molecule has 0 radical (unpaired) electrons. The van der Waals surface area contributed by atoms with Gasteiger partial charge in [-0.05, 0) is 19.3 Å². The van der Waals surface area contributed by atoms with Gasteiger partial charge in [0.2, 0.25) is 0 Å². The highest BCUT2D eigenvalue weighted by molar-refractivity contribution is 4.56. The molecule has 1 N–H and O–H groups in total. The first-order chi connectivity index (χ1) is 8.16. The molecule has 0 spiro atoms. The molecule has 2 unspecified atom stereocenters. The van der Waals surface area contributed by atoms with Crippen molar-refractivity contribution in [1.29, 1.82) is 0 Å². The van der Waals surface area contributed by atoms with Gasteiger partial charge in [-0.2, -0.15) is 0 Å². The molecule has 0 aromatic carbocycles. The van der Waals surface area contributed by atoms with Crippen LogP contribution < -0.4 is 0 Å². The third-order valence-corrected chi connectivity index (χ3v) is 3.62. The number of rotatable bonds is 12. The Morgan fingerprint density at radius 1 is 0.706 bits per heavy atom. The van der Waals surface area contributed by atoms with Gasteiger partial charge in [0, 0.05) is 0 Å². The van der Waals surface area contributed by atoms with Crippen molar-refractivity contribution < 1.29 is 5.11 Å². The van der Waals surface area contributed by atoms with Crippen molar-refractivity contribution in [2.45, 2.75) is 97.5 Å². The van der Waals surface area contributed by atoms with E-state index < -0.39 is 0 Å². The van der Waals surface area contributed by atoms with Crippen LogP contribution in [-0.4, -0.2) is 11.2 Å². The van der Waals surface area contributed by atoms with Crippen molar-refractivity contribution in [1.82, 2.24) is 0 Å². The number of aliphatic hydroxyl groups is 1. The van der Waals surface area contributed by atoms with E-state index in [9.17, 15) is 0 Å². The smallest absolute Gasteiger partial charge is 0.0512 e. The summed E-state index contributed by atoms with van der Waals surface area (Å²) < 4.78 is 0. The fraction of sp³-hybridized carbons (Fsp3) is 1.00. The summed E-state index contributed by atoms with van der Waals surface area (Å²) in [4.78, 5) is 0. The van der Waals surface area contributed by atoms with Crippen LogP contribution in [-0.2, 0) is 0 Å². The van der Waals surface area contributed by atoms with Crippen LogP contribution in [0.3, 0.4) is 0 Å². The minimum absolute atomic E-state index is 0.108. The van der Waals surface area contributed by atoms with Crippen molar-refractivity contribution in [3.8, 4) is 0 Å². The number of hydrogen-bond donors (Lipinski definition) is 1. The lowest BCUT2D eigenvalue weighted by Gasteiger charge is -2.11. The van der Waals surface area contributed by atoms with Crippen LogP contribution in [0.2, 0.25) is 0 Å². The Balaban J connectivity index is 3.14. The minimum Gasteiger partial charge on any atom is -0.393 e. The van der Waals surface area contributed by atoms with Gasteiger partial charge in [0.25, 0.3) is 0 Å². The van der Waals surface area contributed by atoms with E-state index in [1.807, 2.05) is 6.92 Å². The van der Waals surface area contributed by atoms with E-state index in [-0.39, 0.29) is 6.10 Å². The predicted molar refractivity (Wildman–Crippen MR) is 77.3 cm³/mol. The van der Waals surface area contributed by atoms with Crippen LogP contribution in [0.1, 0.15) is 91.4 Å². The molecule has 104 valence electrons. The zero-order chi connectivity index (χ0) is 12.9. The Morgan fingerprint density at radius 2 is 1.18 bits per heavy atom. The van der Waals surface area contributed by atoms with E-state index in [1.54, 1.807) is 0 Å². The fourth-order valence-corrected chi connectivity index (χ4v) is 2.35. The highest BCUT2D eigenvalue weighted by Gasteiger charge is 2.02. The molecule has 1 heteroatoms. The summed E-state index contributed by atoms with van der Waals surface area (Å²) in [5.41, 5.74) is 0. The Morgan fingerprint density at radius 3 is 1.76 bits per heavy atom. The molecule has 0 aromatic rings. The number of unbranched alkanes of at least 4 members (excludes halogenated alkanes) is 6. The maximum Gasteiger partial charge on any atom is 0.0512 e. The van der Waals surface area contributed by atoms with Gasteiger partial charge in [-0.3, -0.25) is 0 Å². The molecule has 0 heterocycles. The van der Waals surface area contributed by atoms with Gasteiger partial charge in [0.1, 0.15) is 0 Å². The molecule has 0 aromatic heterocycles. The largest absolute Gasteiger partial charge is 0.393 e. The Bertz CT molecular complexity index is 142. The molecule has 0 saturated heterocycles. The maximum atomic E-state index is 9.16. The Labute approximate surface area is 109 Å². The van der Waals surface area contributed by atoms with Crippen molar-refractivity contribution in [2.75, 3.05) is 0 Å². The second-order valence-electron chi connectivity index (χ2n) is 5.80. The second-order valence-corrected chi connectivity index (χ2v) is 5.80. The molecule has 1 nitrogen and oxygen atoms in total. The van der Waals surface area contributed by atoms with Crippen molar-refractivity contribution in [3.05, 3.63) is 0 Å². The molecule has 0 aliphatic carbocycles. The lowest BCUT2D eigenvalue weighted by molar-refractivity contribution is 0.179. The third-order valence-electron chi connectivity index (χ3n) is 3.62. The molecule has 0 amide bonds. The van der Waals surface area contributed by atoms with E-state index in [4.69, 9.17) is 5.11 Å². The summed E-state index contributed by atoms with van der Waals surface area (Å²) in [6.45, 7) is 6.55. The molecule has 2 atom stereocenters. The van der Waals surface area contributed by atoms with E-state index in [0.29, 0.717) is 0 Å². The molecule has 17 heavy (non-hydrogen) atoms. The van der Waals surface area contributed by atoms with Gasteiger partial charge in [-0.15, -0.1) is 0 Å². The number of hydrogen-bond acceptors (Lipinski definition) is 1. The van der Waals surface area contributed by atoms with Gasteiger partial charge in [-0.25, -0.2) is 0 Å². The van der Waals surface area contributed by atoms with Crippen LogP contribution in [0.4, 0.5) is 0 Å². The third kappa shape index (κ3) is 13.9. The van der Waals surface area contributed by atoms with Crippen LogP contribution in [0, 0.1) is 5.92 Å². The molecule has 0 aliphatic heterocycles. The summed E-state index contributed by atoms with van der Waals surface area (Å²) in [5, 5.41) is 9.16. The summed E-state index contributed by atoms with van der Waals surface area (Å²) >= 11 is 0. The summed E-state index contributed by atoms with van der Waals surface area (Å²) in [7, 11) is 0. The molecule has 0 aliphatic rings. The van der Waals surface area contributed by atoms with Crippen molar-refractivity contribution in [3.63, 3.8) is 0 Å². The lowest BCUT2D eigenvalue weighted by Crippen LogP contribution is -2.00. The Kier molecular flexibility index (Phi) is 12.4. The van der Waals surface area contributed by atoms with Gasteiger partial charge in [0.05, 0.1) is 6.10 Å². The van der Waals surface area contributed by atoms with Crippen molar-refractivity contribution in [2.24, 2.45) is 5.92 Å². The normalized spacial score (nSPS) is 14.8. The van der Waals surface area contributed by atoms with E-state index in [0.717, 1.165) is 12.3 Å². The zero-order valence-electron chi connectivity index (χ0n) is 12.4. The summed E-state index contributed by atoms with van der Waals surface area (Å²) in [6, 6.07) is 0. The highest BCUT2D eigenvalue weighted by Crippen LogP contribution is 2.17. The first kappa shape index (κ1) is 17.0. The van der Waals surface area contributed by atoms with Crippen LogP contribution >= 0.6 is 0 Å². The zero-order valence-corrected chi connectivity index (χ0v) is 12.4. The predicted octanol–water partition coefficient (Wildman–Crippen LogP) is 5.31. The average molecular weight is 242 g/mol. The SMILES string of the molecule is CCCCCCCCC(C)CCCCC(C)O. The number of aliphatic hydroxyl groups excluding tert-OH is 1. The lowest BCUT2D eigenvalue weighted by atomic mass is 9.96. The molecule has 0 fully saturated rings. The molecule has 0 saturated carbocycles. The molecule has 0 rings (SSSR count). The summed E-state index contributed by atoms with van der Waals surface area (Å²) in [6.07, 6.45) is 14.6. The van der Waals surface area contributed by atoms with Crippen molar-refractivity contribution >= 4 is 0 Å². The van der Waals surface area contributed by atoms with Crippen LogP contribution in [0.25, 0.3) is 0 Å². The van der Waals surface area contributed by atoms with Gasteiger partial charge >= 0.3 is 0 Å². The summed E-state index contributed by atoms with van der Waals surface area (Å²) in [5.74, 6) is 0.884. The maximum absolute atomic E-state index is 9.16.